The molecule has 0 aliphatic rings. The third-order valence-electron chi connectivity index (χ3n) is 2.51. The molecule has 1 aromatic heterocycles. The number of ether oxygens (including phenoxy) is 1. The number of benzene rings is 1. The number of aliphatic hydroxyl groups excluding tert-OH is 1. The maximum Gasteiger partial charge on any atom is 0.323 e. The van der Waals surface area contributed by atoms with Crippen LogP contribution in [0, 0.1) is 17.0 Å². The lowest BCUT2D eigenvalue weighted by molar-refractivity contribution is -0.385. The van der Waals surface area contributed by atoms with Crippen LogP contribution in [0.1, 0.15) is 23.5 Å². The summed E-state index contributed by atoms with van der Waals surface area (Å²) in [5.74, 6) is 0.544. The molecule has 1 aromatic carbocycles. The second-order valence-corrected chi connectivity index (χ2v) is 5.22. The van der Waals surface area contributed by atoms with Gasteiger partial charge in [0.15, 0.2) is 0 Å². The molecule has 0 radical (unpaired) electrons. The van der Waals surface area contributed by atoms with E-state index in [1.54, 1.807) is 19.1 Å². The zero-order valence-corrected chi connectivity index (χ0v) is 11.3. The molecule has 0 amide bonds. The van der Waals surface area contributed by atoms with E-state index in [0.29, 0.717) is 10.6 Å². The van der Waals surface area contributed by atoms with E-state index in [9.17, 15) is 15.2 Å². The van der Waals surface area contributed by atoms with Gasteiger partial charge in [0.05, 0.1) is 11.0 Å². The van der Waals surface area contributed by atoms with Gasteiger partial charge in [0.2, 0.25) is 0 Å². The Kier molecular flexibility index (Phi) is 3.82. The molecule has 2 rings (SSSR count). The molecule has 1 unspecified atom stereocenters. The molecule has 5 nitrogen and oxygen atoms in total. The predicted octanol–water partition coefficient (Wildman–Crippen LogP) is 3.81. The molecule has 6 heteroatoms. The Balaban J connectivity index is 2.36. The minimum absolute atomic E-state index is 0.123. The summed E-state index contributed by atoms with van der Waals surface area (Å²) in [5.41, 5.74) is 0.884. The highest BCUT2D eigenvalue weighted by atomic mass is 32.1. The fraction of sp³-hybridized carbons (Fsp3) is 0.231. The minimum Gasteiger partial charge on any atom is -0.440 e. The highest BCUT2D eigenvalue weighted by Gasteiger charge is 2.23. The number of aliphatic hydroxyl groups is 1. The third kappa shape index (κ3) is 3.10. The van der Waals surface area contributed by atoms with E-state index >= 15 is 0 Å². The first-order valence-corrected chi connectivity index (χ1v) is 6.49. The number of nitrogens with zero attached hydrogens (tertiary/aromatic N) is 1. The quantitative estimate of drug-likeness (QED) is 0.682. The van der Waals surface area contributed by atoms with Crippen molar-refractivity contribution in [2.45, 2.75) is 20.0 Å². The van der Waals surface area contributed by atoms with Crippen LogP contribution in [0.15, 0.2) is 30.3 Å². The first-order chi connectivity index (χ1) is 8.97. The summed E-state index contributed by atoms with van der Waals surface area (Å²) in [7, 11) is 0. The van der Waals surface area contributed by atoms with Gasteiger partial charge in [0.1, 0.15) is 5.75 Å². The van der Waals surface area contributed by atoms with Gasteiger partial charge in [-0.15, -0.1) is 0 Å². The van der Waals surface area contributed by atoms with Crippen LogP contribution in [0.25, 0.3) is 0 Å². The smallest absolute Gasteiger partial charge is 0.323 e. The van der Waals surface area contributed by atoms with E-state index in [0.717, 1.165) is 16.9 Å². The van der Waals surface area contributed by atoms with Crippen LogP contribution in [0.3, 0.4) is 0 Å². The molecule has 1 atom stereocenters. The molecule has 0 fully saturated rings. The summed E-state index contributed by atoms with van der Waals surface area (Å²) in [4.78, 5) is 11.0. The molecule has 2 aromatic rings. The molecular weight excluding hydrogens is 266 g/mol. The molecule has 100 valence electrons. The lowest BCUT2D eigenvalue weighted by Gasteiger charge is -2.03. The van der Waals surface area contributed by atoms with E-state index < -0.39 is 11.0 Å². The molecule has 1 heterocycles. The summed E-state index contributed by atoms with van der Waals surface area (Å²) in [6, 6.07) is 8.61. The molecule has 0 saturated carbocycles. The van der Waals surface area contributed by atoms with Gasteiger partial charge in [0.25, 0.3) is 5.06 Å². The molecule has 1 N–H and O–H groups in total. The van der Waals surface area contributed by atoms with Gasteiger partial charge in [0, 0.05) is 10.9 Å². The maximum atomic E-state index is 11.0. The lowest BCUT2D eigenvalue weighted by Crippen LogP contribution is -1.89. The van der Waals surface area contributed by atoms with Crippen molar-refractivity contribution in [3.8, 4) is 10.8 Å². The summed E-state index contributed by atoms with van der Waals surface area (Å²) in [5, 5.41) is 20.6. The second kappa shape index (κ2) is 5.38. The van der Waals surface area contributed by atoms with Crippen LogP contribution < -0.4 is 4.74 Å². The van der Waals surface area contributed by atoms with Crippen LogP contribution in [0.4, 0.5) is 5.69 Å². The van der Waals surface area contributed by atoms with Gasteiger partial charge < -0.3 is 9.84 Å². The third-order valence-corrected chi connectivity index (χ3v) is 3.68. The Bertz CT molecular complexity index is 606. The Morgan fingerprint density at radius 3 is 2.74 bits per heavy atom. The largest absolute Gasteiger partial charge is 0.440 e. The molecule has 0 saturated heterocycles. The second-order valence-electron chi connectivity index (χ2n) is 4.17. The van der Waals surface area contributed by atoms with Gasteiger partial charge in [-0.25, -0.2) is 0 Å². The topological polar surface area (TPSA) is 72.6 Å². The van der Waals surface area contributed by atoms with Gasteiger partial charge in [-0.1, -0.05) is 23.5 Å². The van der Waals surface area contributed by atoms with Crippen molar-refractivity contribution in [1.29, 1.82) is 0 Å². The lowest BCUT2D eigenvalue weighted by atomic mass is 10.2. The van der Waals surface area contributed by atoms with Gasteiger partial charge in [-0.05, 0) is 31.5 Å². The van der Waals surface area contributed by atoms with Crippen LogP contribution >= 0.6 is 11.3 Å². The van der Waals surface area contributed by atoms with E-state index in [1.165, 1.54) is 6.07 Å². The van der Waals surface area contributed by atoms with Crippen molar-refractivity contribution in [3.63, 3.8) is 0 Å². The molecule has 0 aliphatic carbocycles. The van der Waals surface area contributed by atoms with Gasteiger partial charge in [-0.2, -0.15) is 0 Å². The molecular formula is C13H13NO4S. The van der Waals surface area contributed by atoms with Crippen molar-refractivity contribution in [2.24, 2.45) is 0 Å². The Morgan fingerprint density at radius 1 is 1.42 bits per heavy atom. The van der Waals surface area contributed by atoms with Gasteiger partial charge in [-0.3, -0.25) is 10.1 Å². The van der Waals surface area contributed by atoms with E-state index in [-0.39, 0.29) is 10.8 Å². The van der Waals surface area contributed by atoms with Crippen LogP contribution in [-0.4, -0.2) is 10.0 Å². The van der Waals surface area contributed by atoms with Crippen LogP contribution in [0.2, 0.25) is 0 Å². The fourth-order valence-corrected chi connectivity index (χ4v) is 2.51. The zero-order valence-electron chi connectivity index (χ0n) is 10.5. The van der Waals surface area contributed by atoms with E-state index in [1.807, 2.05) is 19.1 Å². The summed E-state index contributed by atoms with van der Waals surface area (Å²) >= 11 is 1.08. The zero-order chi connectivity index (χ0) is 14.0. The van der Waals surface area contributed by atoms with Gasteiger partial charge >= 0.3 is 5.69 Å². The van der Waals surface area contributed by atoms with Crippen molar-refractivity contribution < 1.29 is 14.8 Å². The van der Waals surface area contributed by atoms with Crippen LogP contribution in [-0.2, 0) is 0 Å². The van der Waals surface area contributed by atoms with Crippen LogP contribution in [0.5, 0.6) is 10.8 Å². The average molecular weight is 279 g/mol. The minimum atomic E-state index is -0.751. The fourth-order valence-electron chi connectivity index (χ4n) is 1.57. The average Bonchev–Trinajstić information content (AvgIpc) is 2.73. The molecule has 0 bridgehead atoms. The molecule has 19 heavy (non-hydrogen) atoms. The Morgan fingerprint density at radius 2 is 2.16 bits per heavy atom. The summed E-state index contributed by atoms with van der Waals surface area (Å²) in [6.45, 7) is 3.48. The van der Waals surface area contributed by atoms with E-state index in [2.05, 4.69) is 0 Å². The monoisotopic (exact) mass is 279 g/mol. The van der Waals surface area contributed by atoms with E-state index in [4.69, 9.17) is 4.74 Å². The number of aryl methyl sites for hydroxylation is 1. The highest BCUT2D eigenvalue weighted by molar-refractivity contribution is 7.14. The number of thiophene rings is 1. The summed E-state index contributed by atoms with van der Waals surface area (Å²) in [6.07, 6.45) is -0.751. The summed E-state index contributed by atoms with van der Waals surface area (Å²) < 4.78 is 5.55. The predicted molar refractivity (Wildman–Crippen MR) is 72.9 cm³/mol. The SMILES string of the molecule is Cc1cccc(Oc2sc(C(C)O)cc2[N+](=O)[O-])c1. The van der Waals surface area contributed by atoms with Crippen molar-refractivity contribution in [1.82, 2.24) is 0 Å². The van der Waals surface area contributed by atoms with Crippen molar-refractivity contribution in [3.05, 3.63) is 50.9 Å². The number of rotatable bonds is 4. The van der Waals surface area contributed by atoms with Crippen molar-refractivity contribution >= 4 is 17.0 Å². The first kappa shape index (κ1) is 13.5. The standard InChI is InChI=1S/C13H13NO4S/c1-8-4-3-5-10(6-8)18-13-11(14(16)17)7-12(19-13)9(2)15/h3-7,9,15H,1-2H3. The Labute approximate surface area is 114 Å². The number of nitro groups is 1. The normalized spacial score (nSPS) is 12.2. The maximum absolute atomic E-state index is 11.0. The number of hydrogen-bond acceptors (Lipinski definition) is 5. The first-order valence-electron chi connectivity index (χ1n) is 5.68. The molecule has 0 spiro atoms. The Hall–Kier alpha value is -1.92. The number of hydrogen-bond donors (Lipinski definition) is 1. The van der Waals surface area contributed by atoms with Crippen molar-refractivity contribution in [2.75, 3.05) is 0 Å². The highest BCUT2D eigenvalue weighted by Crippen LogP contribution is 2.41. The molecule has 0 aliphatic heterocycles.